The van der Waals surface area contributed by atoms with Crippen LogP contribution in [0.3, 0.4) is 0 Å². The summed E-state index contributed by atoms with van der Waals surface area (Å²) in [5.41, 5.74) is 7.59. The fourth-order valence-electron chi connectivity index (χ4n) is 8.31. The van der Waals surface area contributed by atoms with E-state index >= 15 is 0 Å². The second-order valence-corrected chi connectivity index (χ2v) is 26.4. The third-order valence-corrected chi connectivity index (χ3v) is 27.5. The molecule has 0 radical (unpaired) electrons. The Kier molecular flexibility index (Phi) is 9.16. The fourth-order valence-corrected chi connectivity index (χ4v) is 28.5. The summed E-state index contributed by atoms with van der Waals surface area (Å²) in [7, 11) is -15.5. The monoisotopic (exact) mass is 792 g/mol. The molecule has 0 bridgehead atoms. The first kappa shape index (κ1) is 36.1. The molecule has 1 heterocycles. The highest BCUT2D eigenvalue weighted by molar-refractivity contribution is 7.11. The molecule has 0 unspecified atom stereocenters. The van der Waals surface area contributed by atoms with Gasteiger partial charge in [-0.25, -0.2) is 0 Å². The first-order chi connectivity index (χ1) is 27.4. The van der Waals surface area contributed by atoms with E-state index in [-0.39, 0.29) is 0 Å². The topological polar surface area (TPSA) is 36.9 Å². The minimum atomic E-state index is -3.88. The van der Waals surface area contributed by atoms with Crippen LogP contribution in [0, 0.1) is 0 Å². The standard InChI is InChI=1S/C48H40O4Si4/c1-5-53(45-33-17-25-37-21-9-13-29-41(37)45)49-54(6-2,46-34-18-26-38-22-10-14-30-42(38)46)51-56(8-4,48-36-20-28-40-24-12-16-32-44(40)48)52-55(7-3,50-53)47-35-19-27-39-23-11-15-31-43(39)47/h5-36H,1-4H2. The molecule has 0 aliphatic carbocycles. The fraction of sp³-hybridized carbons (Fsp3) is 0. The van der Waals surface area contributed by atoms with Crippen LogP contribution in [0.25, 0.3) is 43.1 Å². The maximum atomic E-state index is 8.03. The maximum Gasteiger partial charge on any atom is 0.382 e. The third kappa shape index (κ3) is 5.70. The number of hydrogen-bond acceptors (Lipinski definition) is 4. The molecule has 0 amide bonds. The molecule has 8 aromatic carbocycles. The molecule has 0 saturated carbocycles. The SMILES string of the molecule is C=C[Si]1(c2cccc3ccccc23)O[Si](C=C)(c2cccc3ccccc23)O[Si](C=C)(c2cccc3ccccc23)O[Si](C=C)(c2cccc3ccccc23)O1. The minimum Gasteiger partial charge on any atom is -0.402 e. The lowest BCUT2D eigenvalue weighted by atomic mass is 10.1. The number of fused-ring (bicyclic) bond motifs is 4. The highest BCUT2D eigenvalue weighted by Gasteiger charge is 2.64. The van der Waals surface area contributed by atoms with Gasteiger partial charge < -0.3 is 16.5 Å². The van der Waals surface area contributed by atoms with Crippen molar-refractivity contribution >= 4 is 98.1 Å². The second kappa shape index (κ2) is 14.2. The van der Waals surface area contributed by atoms with Crippen LogP contribution < -0.4 is 20.7 Å². The van der Waals surface area contributed by atoms with Crippen molar-refractivity contribution in [3.63, 3.8) is 0 Å². The van der Waals surface area contributed by atoms with E-state index in [4.69, 9.17) is 16.5 Å². The van der Waals surface area contributed by atoms with E-state index in [0.29, 0.717) is 0 Å². The van der Waals surface area contributed by atoms with Crippen molar-refractivity contribution < 1.29 is 16.5 Å². The van der Waals surface area contributed by atoms with E-state index in [1.165, 1.54) is 0 Å². The van der Waals surface area contributed by atoms with Gasteiger partial charge in [0.05, 0.1) is 0 Å². The van der Waals surface area contributed by atoms with Crippen LogP contribution in [0.5, 0.6) is 0 Å². The molecule has 272 valence electrons. The van der Waals surface area contributed by atoms with Crippen molar-refractivity contribution in [2.24, 2.45) is 0 Å². The first-order valence-corrected chi connectivity index (χ1v) is 26.3. The summed E-state index contributed by atoms with van der Waals surface area (Å²) < 4.78 is 32.1. The summed E-state index contributed by atoms with van der Waals surface area (Å²) >= 11 is 0. The summed E-state index contributed by atoms with van der Waals surface area (Å²) in [6.45, 7) is 18.2. The molecule has 4 nitrogen and oxygen atoms in total. The molecule has 8 aromatic rings. The van der Waals surface area contributed by atoms with Gasteiger partial charge in [0.25, 0.3) is 0 Å². The maximum absolute atomic E-state index is 8.03. The average Bonchev–Trinajstić information content (AvgIpc) is 3.26. The van der Waals surface area contributed by atoms with E-state index in [2.05, 4.69) is 172 Å². The zero-order chi connectivity index (χ0) is 38.4. The van der Waals surface area contributed by atoms with E-state index in [1.807, 2.05) is 47.1 Å². The summed E-state index contributed by atoms with van der Waals surface area (Å²) in [5.74, 6) is 0. The molecule has 1 aliphatic rings. The van der Waals surface area contributed by atoms with Gasteiger partial charge >= 0.3 is 34.2 Å². The summed E-state index contributed by atoms with van der Waals surface area (Å²) in [4.78, 5) is 0. The molecule has 0 aromatic heterocycles. The normalized spacial score (nSPS) is 24.0. The largest absolute Gasteiger partial charge is 0.402 e. The van der Waals surface area contributed by atoms with Crippen molar-refractivity contribution in [1.29, 1.82) is 0 Å². The number of benzene rings is 8. The van der Waals surface area contributed by atoms with Crippen molar-refractivity contribution in [1.82, 2.24) is 0 Å². The summed E-state index contributed by atoms with van der Waals surface area (Å²) in [5, 5.41) is 11.9. The van der Waals surface area contributed by atoms with E-state index < -0.39 is 34.2 Å². The highest BCUT2D eigenvalue weighted by Crippen LogP contribution is 2.37. The quantitative estimate of drug-likeness (QED) is 0.144. The molecule has 1 aliphatic heterocycles. The lowest BCUT2D eigenvalue weighted by Crippen LogP contribution is -2.79. The van der Waals surface area contributed by atoms with E-state index in [1.54, 1.807) is 0 Å². The van der Waals surface area contributed by atoms with Crippen LogP contribution >= 0.6 is 0 Å². The lowest BCUT2D eigenvalue weighted by molar-refractivity contribution is 0.266. The molecule has 0 atom stereocenters. The molecule has 0 spiro atoms. The van der Waals surface area contributed by atoms with Gasteiger partial charge in [-0.1, -0.05) is 170 Å². The van der Waals surface area contributed by atoms with Crippen LogP contribution in [0.2, 0.25) is 0 Å². The predicted molar refractivity (Wildman–Crippen MR) is 242 cm³/mol. The molecule has 8 heteroatoms. The van der Waals surface area contributed by atoms with Crippen molar-refractivity contribution in [2.45, 2.75) is 0 Å². The van der Waals surface area contributed by atoms with Crippen LogP contribution in [0.15, 0.2) is 219 Å². The number of hydrogen-bond donors (Lipinski definition) is 0. The Bertz CT molecular complexity index is 2430. The Balaban J connectivity index is 1.44. The molecule has 9 rings (SSSR count). The second-order valence-electron chi connectivity index (χ2n) is 14.0. The molecule has 1 saturated heterocycles. The minimum absolute atomic E-state index is 0.911. The average molecular weight is 793 g/mol. The van der Waals surface area contributed by atoms with Crippen LogP contribution in [0.4, 0.5) is 0 Å². The van der Waals surface area contributed by atoms with Gasteiger partial charge in [-0.2, -0.15) is 0 Å². The molecular formula is C48H40O4Si4. The summed E-state index contributed by atoms with van der Waals surface area (Å²) in [6, 6.07) is 58.5. The lowest BCUT2D eigenvalue weighted by Gasteiger charge is -2.51. The highest BCUT2D eigenvalue weighted by atomic mass is 28.5. The molecular weight excluding hydrogens is 753 g/mol. The van der Waals surface area contributed by atoms with Gasteiger partial charge in [0.15, 0.2) is 0 Å². The predicted octanol–water partition coefficient (Wildman–Crippen LogP) is 8.98. The van der Waals surface area contributed by atoms with Crippen molar-refractivity contribution in [2.75, 3.05) is 0 Å². The van der Waals surface area contributed by atoms with Crippen LogP contribution in [-0.2, 0) is 16.5 Å². The zero-order valence-electron chi connectivity index (χ0n) is 30.9. The van der Waals surface area contributed by atoms with Crippen LogP contribution in [0.1, 0.15) is 0 Å². The van der Waals surface area contributed by atoms with Crippen molar-refractivity contribution in [3.8, 4) is 0 Å². The van der Waals surface area contributed by atoms with Gasteiger partial charge in [-0.15, -0.1) is 26.3 Å². The molecule has 1 fully saturated rings. The van der Waals surface area contributed by atoms with E-state index in [0.717, 1.165) is 63.8 Å². The Morgan fingerprint density at radius 3 is 0.679 bits per heavy atom. The van der Waals surface area contributed by atoms with Gasteiger partial charge in [-0.05, 0) is 65.9 Å². The Morgan fingerprint density at radius 2 is 0.464 bits per heavy atom. The third-order valence-electron chi connectivity index (χ3n) is 10.9. The van der Waals surface area contributed by atoms with Crippen LogP contribution in [-0.4, -0.2) is 34.2 Å². The Labute approximate surface area is 331 Å². The van der Waals surface area contributed by atoms with Gasteiger partial charge in [0.2, 0.25) is 0 Å². The Morgan fingerprint density at radius 1 is 0.268 bits per heavy atom. The zero-order valence-corrected chi connectivity index (χ0v) is 34.9. The first-order valence-electron chi connectivity index (χ1n) is 18.7. The molecule has 0 N–H and O–H groups in total. The molecule has 56 heavy (non-hydrogen) atoms. The van der Waals surface area contributed by atoms with Gasteiger partial charge in [-0.3, -0.25) is 0 Å². The van der Waals surface area contributed by atoms with Gasteiger partial charge in [0, 0.05) is 20.7 Å². The Hall–Kier alpha value is -5.53. The number of rotatable bonds is 8. The van der Waals surface area contributed by atoms with Crippen molar-refractivity contribution in [3.05, 3.63) is 219 Å². The van der Waals surface area contributed by atoms with E-state index in [9.17, 15) is 0 Å². The van der Waals surface area contributed by atoms with Gasteiger partial charge in [0.1, 0.15) is 0 Å². The summed E-state index contributed by atoms with van der Waals surface area (Å²) in [6.07, 6.45) is 0. The smallest absolute Gasteiger partial charge is 0.382 e.